The quantitative estimate of drug-likeness (QED) is 0.474. The molecule has 166 valence electrons. The number of carbonyl (C=O) groups is 2. The topological polar surface area (TPSA) is 99.1 Å². The number of benzene rings is 1. The van der Waals surface area contributed by atoms with E-state index in [2.05, 4.69) is 12.0 Å². The van der Waals surface area contributed by atoms with Crippen molar-refractivity contribution in [3.05, 3.63) is 43.0 Å². The number of anilines is 1. The number of aliphatic hydroxyl groups excluding tert-OH is 2. The molecule has 2 rings (SSSR count). The van der Waals surface area contributed by atoms with Crippen LogP contribution >= 0.6 is 0 Å². The van der Waals surface area contributed by atoms with Crippen LogP contribution in [0.4, 0.5) is 5.69 Å². The maximum absolute atomic E-state index is 12.1. The van der Waals surface area contributed by atoms with Crippen molar-refractivity contribution >= 4 is 17.5 Å². The van der Waals surface area contributed by atoms with Crippen molar-refractivity contribution in [3.8, 4) is 0 Å². The Labute approximate surface area is 175 Å². The highest BCUT2D eigenvalue weighted by atomic mass is 16.5. The number of rotatable bonds is 7. The highest BCUT2D eigenvalue weighted by molar-refractivity contribution is 6.14. The normalized spacial score (nSPS) is 14.4. The van der Waals surface area contributed by atoms with E-state index in [1.165, 1.54) is 5.01 Å². The summed E-state index contributed by atoms with van der Waals surface area (Å²) in [5.41, 5.74) is 3.34. The molecule has 7 heteroatoms. The van der Waals surface area contributed by atoms with Gasteiger partial charge in [-0.2, -0.15) is 0 Å². The van der Waals surface area contributed by atoms with E-state index in [4.69, 9.17) is 14.9 Å². The lowest BCUT2D eigenvalue weighted by Crippen LogP contribution is -2.35. The number of para-hydroxylation sites is 1. The van der Waals surface area contributed by atoms with Crippen LogP contribution in [0.2, 0.25) is 0 Å². The average molecular weight is 411 g/mol. The zero-order valence-electron chi connectivity index (χ0n) is 18.3. The minimum absolute atomic E-state index is 0.125. The Morgan fingerprint density at radius 3 is 2.00 bits per heavy atom. The maximum Gasteiger partial charge on any atom is 0.258 e. The van der Waals surface area contributed by atoms with Crippen molar-refractivity contribution in [2.45, 2.75) is 47.0 Å². The van der Waals surface area contributed by atoms with Crippen molar-refractivity contribution in [3.63, 3.8) is 0 Å². The van der Waals surface area contributed by atoms with Gasteiger partial charge in [0.2, 0.25) is 0 Å². The smallest absolute Gasteiger partial charge is 0.258 e. The molecule has 1 aliphatic rings. The SMILES string of the molecule is C=CC.CCCCC1C(=O)NN(c2ccccc2)C1=O.CCOCC.OCCO. The second-order valence-corrected chi connectivity index (χ2v) is 5.82. The van der Waals surface area contributed by atoms with Crippen LogP contribution in [0.15, 0.2) is 43.0 Å². The average Bonchev–Trinajstić information content (AvgIpc) is 3.02. The first kappa shape index (κ1) is 29.0. The summed E-state index contributed by atoms with van der Waals surface area (Å²) in [6.45, 7) is 12.7. The van der Waals surface area contributed by atoms with E-state index in [-0.39, 0.29) is 25.0 Å². The minimum atomic E-state index is -0.518. The Bertz CT molecular complexity index is 533. The molecule has 2 amide bonds. The summed E-state index contributed by atoms with van der Waals surface area (Å²) in [5.74, 6) is -0.850. The van der Waals surface area contributed by atoms with Crippen LogP contribution in [-0.2, 0) is 14.3 Å². The Hall–Kier alpha value is -2.22. The third-order valence-corrected chi connectivity index (χ3v) is 3.43. The summed E-state index contributed by atoms with van der Waals surface area (Å²) in [4.78, 5) is 23.8. The molecular formula is C22H38N2O5. The predicted molar refractivity (Wildman–Crippen MR) is 117 cm³/mol. The molecular weight excluding hydrogens is 372 g/mol. The van der Waals surface area contributed by atoms with Crippen molar-refractivity contribution in [1.29, 1.82) is 0 Å². The molecule has 0 radical (unpaired) electrons. The molecule has 3 N–H and O–H groups in total. The van der Waals surface area contributed by atoms with Crippen molar-refractivity contribution in [1.82, 2.24) is 5.43 Å². The zero-order valence-corrected chi connectivity index (χ0v) is 18.3. The lowest BCUT2D eigenvalue weighted by atomic mass is 10.0. The minimum Gasteiger partial charge on any atom is -0.394 e. The third kappa shape index (κ3) is 13.6. The van der Waals surface area contributed by atoms with E-state index in [1.54, 1.807) is 18.2 Å². The fourth-order valence-electron chi connectivity index (χ4n) is 2.15. The lowest BCUT2D eigenvalue weighted by Gasteiger charge is -2.14. The maximum atomic E-state index is 12.1. The van der Waals surface area contributed by atoms with Crippen molar-refractivity contribution in [2.75, 3.05) is 31.4 Å². The molecule has 0 aromatic heterocycles. The Kier molecular flexibility index (Phi) is 20.5. The van der Waals surface area contributed by atoms with E-state index in [9.17, 15) is 9.59 Å². The van der Waals surface area contributed by atoms with Crippen LogP contribution in [0.5, 0.6) is 0 Å². The molecule has 1 heterocycles. The number of hydrogen-bond donors (Lipinski definition) is 3. The summed E-state index contributed by atoms with van der Waals surface area (Å²) in [5, 5.41) is 16.6. The number of hydrazine groups is 1. The molecule has 0 spiro atoms. The van der Waals surface area contributed by atoms with Crippen LogP contribution < -0.4 is 10.4 Å². The lowest BCUT2D eigenvalue weighted by molar-refractivity contribution is -0.127. The van der Waals surface area contributed by atoms with Gasteiger partial charge in [0.1, 0.15) is 5.92 Å². The molecule has 1 atom stereocenters. The largest absolute Gasteiger partial charge is 0.394 e. The molecule has 0 bridgehead atoms. The van der Waals surface area contributed by atoms with Crippen molar-refractivity contribution in [2.24, 2.45) is 5.92 Å². The van der Waals surface area contributed by atoms with Gasteiger partial charge < -0.3 is 14.9 Å². The molecule has 1 saturated heterocycles. The van der Waals surface area contributed by atoms with Gasteiger partial charge in [-0.1, -0.05) is 44.0 Å². The van der Waals surface area contributed by atoms with Gasteiger partial charge >= 0.3 is 0 Å². The van der Waals surface area contributed by atoms with Gasteiger partial charge in [-0.25, -0.2) is 5.01 Å². The third-order valence-electron chi connectivity index (χ3n) is 3.43. The molecule has 1 fully saturated rings. The summed E-state index contributed by atoms with van der Waals surface area (Å²) < 4.78 is 4.83. The van der Waals surface area contributed by atoms with Gasteiger partial charge in [-0.15, -0.1) is 6.58 Å². The van der Waals surface area contributed by atoms with Crippen molar-refractivity contribution < 1.29 is 24.5 Å². The summed E-state index contributed by atoms with van der Waals surface area (Å²) in [6.07, 6.45) is 4.26. The van der Waals surface area contributed by atoms with E-state index >= 15 is 0 Å². The van der Waals surface area contributed by atoms with Crippen LogP contribution in [0.1, 0.15) is 47.0 Å². The number of nitrogens with one attached hydrogen (secondary N) is 1. The number of aliphatic hydroxyl groups is 2. The second-order valence-electron chi connectivity index (χ2n) is 5.82. The standard InChI is InChI=1S/C13H16N2O2.C4H10O.C3H6.C2H6O2/c1-2-3-9-11-12(16)14-15(13(11)17)10-7-5-4-6-8-10;1-3-5-4-2;1-3-2;3-1-2-4/h4-8,11H,2-3,9H2,1H3,(H,14,16);3-4H2,1-2H3;3H,1H2,2H3;3-4H,1-2H2. The Balaban J connectivity index is 0. The van der Waals surface area contributed by atoms with Crippen LogP contribution in [-0.4, -0.2) is 48.5 Å². The highest BCUT2D eigenvalue weighted by Crippen LogP contribution is 2.22. The van der Waals surface area contributed by atoms with E-state index < -0.39 is 5.92 Å². The van der Waals surface area contributed by atoms with E-state index in [1.807, 2.05) is 45.9 Å². The van der Waals surface area contributed by atoms with Gasteiger partial charge in [0.25, 0.3) is 11.8 Å². The fourth-order valence-corrected chi connectivity index (χ4v) is 2.15. The molecule has 0 saturated carbocycles. The van der Waals surface area contributed by atoms with Crippen LogP contribution in [0, 0.1) is 5.92 Å². The zero-order chi connectivity index (χ0) is 22.5. The van der Waals surface area contributed by atoms with Crippen LogP contribution in [0.25, 0.3) is 0 Å². The highest BCUT2D eigenvalue weighted by Gasteiger charge is 2.39. The first-order chi connectivity index (χ1) is 14.0. The Morgan fingerprint density at radius 1 is 1.10 bits per heavy atom. The number of amides is 2. The number of nitrogens with zero attached hydrogens (tertiary/aromatic N) is 1. The molecule has 1 aromatic carbocycles. The van der Waals surface area contributed by atoms with Gasteiger partial charge in [0.05, 0.1) is 18.9 Å². The van der Waals surface area contributed by atoms with Gasteiger partial charge in [0, 0.05) is 13.2 Å². The molecule has 1 unspecified atom stereocenters. The second kappa shape index (κ2) is 20.5. The summed E-state index contributed by atoms with van der Waals surface area (Å²) in [7, 11) is 0. The van der Waals surface area contributed by atoms with Gasteiger partial charge in [-0.05, 0) is 39.3 Å². The molecule has 0 aliphatic carbocycles. The molecule has 1 aliphatic heterocycles. The van der Waals surface area contributed by atoms with E-state index in [0.717, 1.165) is 26.1 Å². The number of ether oxygens (including phenoxy) is 1. The Morgan fingerprint density at radius 2 is 1.62 bits per heavy atom. The van der Waals surface area contributed by atoms with Gasteiger partial charge in [-0.3, -0.25) is 15.0 Å². The molecule has 29 heavy (non-hydrogen) atoms. The number of unbranched alkanes of at least 4 members (excludes halogenated alkanes) is 1. The first-order valence-electron chi connectivity index (χ1n) is 10.0. The molecule has 7 nitrogen and oxygen atoms in total. The summed E-state index contributed by atoms with van der Waals surface area (Å²) in [6, 6.07) is 9.17. The predicted octanol–water partition coefficient (Wildman–Crippen LogP) is 3.08. The summed E-state index contributed by atoms with van der Waals surface area (Å²) >= 11 is 0. The van der Waals surface area contributed by atoms with E-state index in [0.29, 0.717) is 12.1 Å². The number of hydrogen-bond acceptors (Lipinski definition) is 5. The molecule has 1 aromatic rings. The number of carbonyl (C=O) groups excluding carboxylic acids is 2. The monoisotopic (exact) mass is 410 g/mol. The first-order valence-corrected chi connectivity index (χ1v) is 10.0. The number of allylic oxidation sites excluding steroid dienone is 1. The van der Waals surface area contributed by atoms with Gasteiger partial charge in [0.15, 0.2) is 0 Å². The fraction of sp³-hybridized carbons (Fsp3) is 0.545. The van der Waals surface area contributed by atoms with Crippen LogP contribution in [0.3, 0.4) is 0 Å².